The molecule has 4 nitrogen and oxygen atoms in total. The van der Waals surface area contributed by atoms with E-state index >= 15 is 0 Å². The van der Waals surface area contributed by atoms with Crippen molar-refractivity contribution in [3.8, 4) is 0 Å². The minimum Gasteiger partial charge on any atom is -0.250 e. The summed E-state index contributed by atoms with van der Waals surface area (Å²) in [4.78, 5) is 6.64. The fourth-order valence-electron chi connectivity index (χ4n) is 1.13. The van der Waals surface area contributed by atoms with E-state index in [2.05, 4.69) is 27.7 Å². The molecule has 0 atom stereocenters. The zero-order valence-corrected chi connectivity index (χ0v) is 8.34. The molecule has 2 rings (SSSR count). The van der Waals surface area contributed by atoms with Crippen molar-refractivity contribution in [3.05, 3.63) is 12.0 Å². The predicted molar refractivity (Wildman–Crippen MR) is 48.6 cm³/mol. The van der Waals surface area contributed by atoms with E-state index in [0.717, 1.165) is 0 Å². The van der Waals surface area contributed by atoms with E-state index in [9.17, 15) is 13.2 Å². The summed E-state index contributed by atoms with van der Waals surface area (Å²) in [7, 11) is 1.50. The highest BCUT2D eigenvalue weighted by atomic mass is 32.1. The van der Waals surface area contributed by atoms with Crippen LogP contribution in [-0.4, -0.2) is 19.7 Å². The SMILES string of the molecule is Cn1ncc2c(S)nc(C(F)(F)F)nc21. The highest BCUT2D eigenvalue weighted by Gasteiger charge is 2.35. The third-order valence-electron chi connectivity index (χ3n) is 1.83. The summed E-state index contributed by atoms with van der Waals surface area (Å²) < 4.78 is 38.3. The molecule has 0 saturated heterocycles. The van der Waals surface area contributed by atoms with E-state index < -0.39 is 12.0 Å². The van der Waals surface area contributed by atoms with Gasteiger partial charge in [-0.05, 0) is 0 Å². The van der Waals surface area contributed by atoms with Crippen molar-refractivity contribution < 1.29 is 13.2 Å². The van der Waals surface area contributed by atoms with Gasteiger partial charge in [-0.25, -0.2) is 9.97 Å². The van der Waals surface area contributed by atoms with Crippen LogP contribution >= 0.6 is 12.6 Å². The molecule has 0 unspecified atom stereocenters. The van der Waals surface area contributed by atoms with E-state index in [0.29, 0.717) is 5.39 Å². The van der Waals surface area contributed by atoms with Crippen molar-refractivity contribution in [3.63, 3.8) is 0 Å². The van der Waals surface area contributed by atoms with Gasteiger partial charge in [-0.15, -0.1) is 12.6 Å². The Morgan fingerprint density at radius 3 is 2.60 bits per heavy atom. The van der Waals surface area contributed by atoms with Crippen LogP contribution in [0.3, 0.4) is 0 Å². The Hall–Kier alpha value is -1.31. The fourth-order valence-corrected chi connectivity index (χ4v) is 1.39. The van der Waals surface area contributed by atoms with Gasteiger partial charge >= 0.3 is 6.18 Å². The van der Waals surface area contributed by atoms with Crippen LogP contribution in [0, 0.1) is 0 Å². The first-order valence-corrected chi connectivity index (χ1v) is 4.30. The van der Waals surface area contributed by atoms with Crippen molar-refractivity contribution in [1.82, 2.24) is 19.7 Å². The molecule has 0 aliphatic rings. The average molecular weight is 234 g/mol. The Bertz CT molecular complexity index is 519. The molecular weight excluding hydrogens is 229 g/mol. The first-order chi connectivity index (χ1) is 6.89. The highest BCUT2D eigenvalue weighted by molar-refractivity contribution is 7.80. The second kappa shape index (κ2) is 3.09. The number of alkyl halides is 3. The Morgan fingerprint density at radius 1 is 1.33 bits per heavy atom. The van der Waals surface area contributed by atoms with Gasteiger partial charge in [0.2, 0.25) is 5.82 Å². The Kier molecular flexibility index (Phi) is 2.10. The van der Waals surface area contributed by atoms with Crippen LogP contribution in [0.2, 0.25) is 0 Å². The molecular formula is C7H5F3N4S. The topological polar surface area (TPSA) is 43.6 Å². The number of hydrogen-bond donors (Lipinski definition) is 1. The van der Waals surface area contributed by atoms with Crippen LogP contribution in [0.1, 0.15) is 5.82 Å². The molecule has 0 N–H and O–H groups in total. The summed E-state index contributed by atoms with van der Waals surface area (Å²) in [6.45, 7) is 0. The molecule has 2 aromatic rings. The van der Waals surface area contributed by atoms with E-state index in [1.165, 1.54) is 17.9 Å². The highest BCUT2D eigenvalue weighted by Crippen LogP contribution is 2.29. The summed E-state index contributed by atoms with van der Waals surface area (Å²) >= 11 is 3.86. The largest absolute Gasteiger partial charge is 0.451 e. The number of aromatic nitrogens is 4. The lowest BCUT2D eigenvalue weighted by molar-refractivity contribution is -0.145. The average Bonchev–Trinajstić information content (AvgIpc) is 2.47. The molecule has 0 amide bonds. The molecule has 8 heteroatoms. The van der Waals surface area contributed by atoms with Crippen LogP contribution in [0.5, 0.6) is 0 Å². The molecule has 0 radical (unpaired) electrons. The van der Waals surface area contributed by atoms with Gasteiger partial charge in [0.05, 0.1) is 11.6 Å². The van der Waals surface area contributed by atoms with Crippen molar-refractivity contribution in [2.45, 2.75) is 11.2 Å². The van der Waals surface area contributed by atoms with Crippen LogP contribution in [0.4, 0.5) is 13.2 Å². The molecule has 0 bridgehead atoms. The molecule has 0 spiro atoms. The van der Waals surface area contributed by atoms with Gasteiger partial charge in [0, 0.05) is 7.05 Å². The van der Waals surface area contributed by atoms with Crippen LogP contribution in [-0.2, 0) is 13.2 Å². The lowest BCUT2D eigenvalue weighted by atomic mass is 10.4. The molecule has 2 heterocycles. The normalized spacial score (nSPS) is 12.3. The summed E-state index contributed by atoms with van der Waals surface area (Å²) in [5, 5.41) is 4.15. The maximum absolute atomic E-state index is 12.3. The molecule has 2 aromatic heterocycles. The van der Waals surface area contributed by atoms with Crippen LogP contribution in [0.15, 0.2) is 11.2 Å². The van der Waals surface area contributed by atoms with Gasteiger partial charge < -0.3 is 0 Å². The number of halogens is 3. The minimum absolute atomic E-state index is 0.0274. The number of aryl methyl sites for hydroxylation is 1. The molecule has 0 aromatic carbocycles. The second-order valence-electron chi connectivity index (χ2n) is 2.87. The lowest BCUT2D eigenvalue weighted by Gasteiger charge is -2.05. The zero-order chi connectivity index (χ0) is 11.2. The molecule has 0 fully saturated rings. The van der Waals surface area contributed by atoms with Crippen LogP contribution in [0.25, 0.3) is 11.0 Å². The molecule has 0 saturated carbocycles. The number of thiol groups is 1. The maximum atomic E-state index is 12.3. The first-order valence-electron chi connectivity index (χ1n) is 3.85. The maximum Gasteiger partial charge on any atom is 0.451 e. The standard InChI is InChI=1S/C7H5F3N4S/c1-14-4-3(2-11-14)5(15)13-6(12-4)7(8,9)10/h2H,1H3,(H,12,13,15). The quantitative estimate of drug-likeness (QED) is 0.557. The van der Waals surface area contributed by atoms with E-state index in [1.807, 2.05) is 0 Å². The Labute approximate surface area is 87.5 Å². The van der Waals surface area contributed by atoms with E-state index in [4.69, 9.17) is 0 Å². The lowest BCUT2D eigenvalue weighted by Crippen LogP contribution is -2.12. The third-order valence-corrected chi connectivity index (χ3v) is 2.17. The number of rotatable bonds is 0. The van der Waals surface area contributed by atoms with Gasteiger partial charge in [-0.3, -0.25) is 4.68 Å². The smallest absolute Gasteiger partial charge is 0.250 e. The Balaban J connectivity index is 2.76. The fraction of sp³-hybridized carbons (Fsp3) is 0.286. The van der Waals surface area contributed by atoms with E-state index in [1.54, 1.807) is 0 Å². The minimum atomic E-state index is -4.57. The van der Waals surface area contributed by atoms with E-state index in [-0.39, 0.29) is 10.7 Å². The van der Waals surface area contributed by atoms with Crippen molar-refractivity contribution in [2.75, 3.05) is 0 Å². The van der Waals surface area contributed by atoms with Gasteiger partial charge in [-0.2, -0.15) is 18.3 Å². The number of fused-ring (bicyclic) bond motifs is 1. The molecule has 0 aliphatic carbocycles. The monoisotopic (exact) mass is 234 g/mol. The Morgan fingerprint density at radius 2 is 2.00 bits per heavy atom. The van der Waals surface area contributed by atoms with Gasteiger partial charge in [-0.1, -0.05) is 0 Å². The third kappa shape index (κ3) is 1.65. The van der Waals surface area contributed by atoms with Crippen LogP contribution < -0.4 is 0 Å². The first kappa shape index (κ1) is 10.2. The number of hydrogen-bond acceptors (Lipinski definition) is 4. The second-order valence-corrected chi connectivity index (χ2v) is 3.30. The summed E-state index contributed by atoms with van der Waals surface area (Å²) in [6.07, 6.45) is -3.20. The van der Waals surface area contributed by atoms with Gasteiger partial charge in [0.15, 0.2) is 5.65 Å². The summed E-state index contributed by atoms with van der Waals surface area (Å²) in [6, 6.07) is 0. The van der Waals surface area contributed by atoms with Gasteiger partial charge in [0.1, 0.15) is 5.03 Å². The number of nitrogens with zero attached hydrogens (tertiary/aromatic N) is 4. The van der Waals surface area contributed by atoms with Crippen molar-refractivity contribution in [2.24, 2.45) is 7.05 Å². The summed E-state index contributed by atoms with van der Waals surface area (Å²) in [5.74, 6) is -1.20. The molecule has 15 heavy (non-hydrogen) atoms. The van der Waals surface area contributed by atoms with Gasteiger partial charge in [0.25, 0.3) is 0 Å². The molecule has 0 aliphatic heterocycles. The summed E-state index contributed by atoms with van der Waals surface area (Å²) in [5.41, 5.74) is 0.113. The van der Waals surface area contributed by atoms with Crippen molar-refractivity contribution in [1.29, 1.82) is 0 Å². The molecule has 80 valence electrons. The zero-order valence-electron chi connectivity index (χ0n) is 7.45. The van der Waals surface area contributed by atoms with Crippen molar-refractivity contribution >= 4 is 23.7 Å². The predicted octanol–water partition coefficient (Wildman–Crippen LogP) is 1.67.